The van der Waals surface area contributed by atoms with Gasteiger partial charge in [0.2, 0.25) is 0 Å². The monoisotopic (exact) mass is 409 g/mol. The van der Waals surface area contributed by atoms with E-state index in [-0.39, 0.29) is 11.7 Å². The number of anilines is 1. The van der Waals surface area contributed by atoms with Crippen LogP contribution in [0.2, 0.25) is 10.0 Å². The quantitative estimate of drug-likeness (QED) is 0.552. The Morgan fingerprint density at radius 3 is 2.61 bits per heavy atom. The first-order chi connectivity index (χ1) is 11.0. The van der Waals surface area contributed by atoms with Crippen LogP contribution < -0.4 is 5.32 Å². The summed E-state index contributed by atoms with van der Waals surface area (Å²) >= 11 is 15.5. The third-order valence-corrected chi connectivity index (χ3v) is 4.44. The van der Waals surface area contributed by atoms with E-state index in [9.17, 15) is 4.79 Å². The molecule has 1 aromatic heterocycles. The fourth-order valence-corrected chi connectivity index (χ4v) is 2.85. The Kier molecular flexibility index (Phi) is 4.76. The first-order valence-electron chi connectivity index (χ1n) is 6.66. The molecule has 0 aliphatic carbocycles. The second-order valence-corrected chi connectivity index (χ2v) is 6.43. The molecule has 23 heavy (non-hydrogen) atoms. The van der Waals surface area contributed by atoms with Crippen molar-refractivity contribution in [1.82, 2.24) is 0 Å². The molecule has 116 valence electrons. The maximum Gasteiger partial charge on any atom is 0.291 e. The van der Waals surface area contributed by atoms with Gasteiger partial charge in [-0.15, -0.1) is 0 Å². The SMILES string of the molecule is O=C(Nc1cccc(Br)c1)c1ccc(-c2cccc(Cl)c2Cl)o1. The Hall–Kier alpha value is -1.75. The van der Waals surface area contributed by atoms with Gasteiger partial charge in [-0.05, 0) is 42.5 Å². The fourth-order valence-electron chi connectivity index (χ4n) is 2.06. The van der Waals surface area contributed by atoms with Gasteiger partial charge in [-0.1, -0.05) is 51.3 Å². The fraction of sp³-hybridized carbons (Fsp3) is 0. The van der Waals surface area contributed by atoms with Gasteiger partial charge >= 0.3 is 0 Å². The number of nitrogens with one attached hydrogen (secondary N) is 1. The van der Waals surface area contributed by atoms with Gasteiger partial charge in [-0.2, -0.15) is 0 Å². The lowest BCUT2D eigenvalue weighted by Gasteiger charge is -2.04. The van der Waals surface area contributed by atoms with Crippen molar-refractivity contribution in [2.75, 3.05) is 5.32 Å². The van der Waals surface area contributed by atoms with Crippen LogP contribution in [0.4, 0.5) is 5.69 Å². The lowest BCUT2D eigenvalue weighted by molar-refractivity contribution is 0.0997. The number of rotatable bonds is 3. The average Bonchev–Trinajstić information content (AvgIpc) is 3.00. The highest BCUT2D eigenvalue weighted by Gasteiger charge is 2.15. The van der Waals surface area contributed by atoms with Crippen molar-refractivity contribution in [3.63, 3.8) is 0 Å². The molecule has 0 aliphatic heterocycles. The van der Waals surface area contributed by atoms with Crippen LogP contribution in [0.25, 0.3) is 11.3 Å². The van der Waals surface area contributed by atoms with Crippen LogP contribution in [0.1, 0.15) is 10.6 Å². The molecule has 3 rings (SSSR count). The number of carbonyl (C=O) groups excluding carboxylic acids is 1. The summed E-state index contributed by atoms with van der Waals surface area (Å²) in [6, 6.07) is 15.8. The molecule has 1 amide bonds. The number of carbonyl (C=O) groups is 1. The van der Waals surface area contributed by atoms with Crippen molar-refractivity contribution >= 4 is 50.7 Å². The highest BCUT2D eigenvalue weighted by Crippen LogP contribution is 2.34. The molecule has 0 radical (unpaired) electrons. The van der Waals surface area contributed by atoms with E-state index < -0.39 is 0 Å². The molecule has 3 nitrogen and oxygen atoms in total. The third kappa shape index (κ3) is 3.61. The second kappa shape index (κ2) is 6.79. The molecule has 1 heterocycles. The zero-order chi connectivity index (χ0) is 16.4. The van der Waals surface area contributed by atoms with E-state index >= 15 is 0 Å². The molecule has 1 N–H and O–H groups in total. The predicted octanol–water partition coefficient (Wildman–Crippen LogP) is 6.27. The molecule has 0 aliphatic rings. The Morgan fingerprint density at radius 2 is 1.83 bits per heavy atom. The minimum Gasteiger partial charge on any atom is -0.451 e. The lowest BCUT2D eigenvalue weighted by Crippen LogP contribution is -2.10. The standard InChI is InChI=1S/C17H10BrCl2NO2/c18-10-3-1-4-11(9-10)21-17(22)15-8-7-14(23-15)12-5-2-6-13(19)16(12)20/h1-9H,(H,21,22). The van der Waals surface area contributed by atoms with Gasteiger partial charge in [-0.3, -0.25) is 4.79 Å². The van der Waals surface area contributed by atoms with Crippen LogP contribution in [0.15, 0.2) is 63.5 Å². The molecular weight excluding hydrogens is 401 g/mol. The van der Waals surface area contributed by atoms with E-state index in [1.54, 1.807) is 42.5 Å². The van der Waals surface area contributed by atoms with Crippen molar-refractivity contribution in [3.8, 4) is 11.3 Å². The number of hydrogen-bond donors (Lipinski definition) is 1. The van der Waals surface area contributed by atoms with Crippen LogP contribution >= 0.6 is 39.1 Å². The van der Waals surface area contributed by atoms with Gasteiger partial charge in [0.25, 0.3) is 5.91 Å². The highest BCUT2D eigenvalue weighted by atomic mass is 79.9. The van der Waals surface area contributed by atoms with E-state index in [0.29, 0.717) is 27.1 Å². The van der Waals surface area contributed by atoms with E-state index in [4.69, 9.17) is 27.6 Å². The van der Waals surface area contributed by atoms with Gasteiger partial charge in [0.15, 0.2) is 5.76 Å². The largest absolute Gasteiger partial charge is 0.451 e. The summed E-state index contributed by atoms with van der Waals surface area (Å²) < 4.78 is 6.48. The second-order valence-electron chi connectivity index (χ2n) is 4.73. The summed E-state index contributed by atoms with van der Waals surface area (Å²) in [5, 5.41) is 3.59. The molecule has 6 heteroatoms. The summed E-state index contributed by atoms with van der Waals surface area (Å²) in [6.45, 7) is 0. The zero-order valence-electron chi connectivity index (χ0n) is 11.6. The van der Waals surface area contributed by atoms with Gasteiger partial charge < -0.3 is 9.73 Å². The maximum atomic E-state index is 12.2. The average molecular weight is 411 g/mol. The van der Waals surface area contributed by atoms with E-state index in [2.05, 4.69) is 21.2 Å². The van der Waals surface area contributed by atoms with Gasteiger partial charge in [0.05, 0.1) is 10.0 Å². The Bertz CT molecular complexity index is 877. The van der Waals surface area contributed by atoms with Crippen molar-refractivity contribution < 1.29 is 9.21 Å². The van der Waals surface area contributed by atoms with Crippen LogP contribution in [0.5, 0.6) is 0 Å². The Balaban J connectivity index is 1.84. The molecule has 0 saturated carbocycles. The van der Waals surface area contributed by atoms with Crippen molar-refractivity contribution in [2.24, 2.45) is 0 Å². The third-order valence-electron chi connectivity index (χ3n) is 3.13. The molecule has 3 aromatic rings. The first kappa shape index (κ1) is 16.1. The zero-order valence-corrected chi connectivity index (χ0v) is 14.7. The van der Waals surface area contributed by atoms with Gasteiger partial charge in [0, 0.05) is 15.7 Å². The van der Waals surface area contributed by atoms with Crippen molar-refractivity contribution in [3.05, 3.63) is 74.9 Å². The minimum atomic E-state index is -0.340. The number of furan rings is 1. The molecule has 0 fully saturated rings. The number of hydrogen-bond acceptors (Lipinski definition) is 2. The number of benzene rings is 2. The summed E-state index contributed by atoms with van der Waals surface area (Å²) in [5.74, 6) is 0.334. The molecule has 0 atom stereocenters. The van der Waals surface area contributed by atoms with Crippen molar-refractivity contribution in [2.45, 2.75) is 0 Å². The Morgan fingerprint density at radius 1 is 1.04 bits per heavy atom. The molecule has 0 unspecified atom stereocenters. The molecule has 2 aromatic carbocycles. The predicted molar refractivity (Wildman–Crippen MR) is 96.3 cm³/mol. The highest BCUT2D eigenvalue weighted by molar-refractivity contribution is 9.10. The van der Waals surface area contributed by atoms with E-state index in [1.165, 1.54) is 0 Å². The first-order valence-corrected chi connectivity index (χ1v) is 8.20. The summed E-state index contributed by atoms with van der Waals surface area (Å²) in [6.07, 6.45) is 0. The van der Waals surface area contributed by atoms with Crippen LogP contribution in [0, 0.1) is 0 Å². The van der Waals surface area contributed by atoms with Crippen LogP contribution in [-0.4, -0.2) is 5.91 Å². The summed E-state index contributed by atoms with van der Waals surface area (Å²) in [7, 11) is 0. The Labute approximate surface area is 151 Å². The van der Waals surface area contributed by atoms with Crippen molar-refractivity contribution in [1.29, 1.82) is 0 Å². The smallest absolute Gasteiger partial charge is 0.291 e. The normalized spacial score (nSPS) is 10.6. The molecule has 0 saturated heterocycles. The summed E-state index contributed by atoms with van der Waals surface area (Å²) in [4.78, 5) is 12.2. The molecule has 0 bridgehead atoms. The van der Waals surface area contributed by atoms with Gasteiger partial charge in [0.1, 0.15) is 5.76 Å². The topological polar surface area (TPSA) is 42.2 Å². The maximum absolute atomic E-state index is 12.2. The minimum absolute atomic E-state index is 0.191. The van der Waals surface area contributed by atoms with E-state index in [0.717, 1.165) is 4.47 Å². The van der Waals surface area contributed by atoms with Crippen LogP contribution in [-0.2, 0) is 0 Å². The summed E-state index contributed by atoms with van der Waals surface area (Å²) in [5.41, 5.74) is 1.31. The lowest BCUT2D eigenvalue weighted by atomic mass is 10.2. The van der Waals surface area contributed by atoms with E-state index in [1.807, 2.05) is 12.1 Å². The number of halogens is 3. The van der Waals surface area contributed by atoms with Gasteiger partial charge in [-0.25, -0.2) is 0 Å². The molecule has 0 spiro atoms. The number of amides is 1. The molecular formula is C17H10BrCl2NO2. The van der Waals surface area contributed by atoms with Crippen LogP contribution in [0.3, 0.4) is 0 Å².